The van der Waals surface area contributed by atoms with Crippen molar-refractivity contribution in [3.8, 4) is 5.75 Å². The molecule has 6 heteroatoms. The number of rotatable bonds is 4. The van der Waals surface area contributed by atoms with Crippen molar-refractivity contribution < 1.29 is 23.9 Å². The Balaban J connectivity index is 2.38. The van der Waals surface area contributed by atoms with Gasteiger partial charge >= 0.3 is 12.1 Å². The first-order valence-corrected chi connectivity index (χ1v) is 5.19. The van der Waals surface area contributed by atoms with E-state index in [9.17, 15) is 9.59 Å². The molecule has 1 aromatic rings. The van der Waals surface area contributed by atoms with Crippen molar-refractivity contribution in [2.45, 2.75) is 6.92 Å². The fourth-order valence-electron chi connectivity index (χ4n) is 0.978. The van der Waals surface area contributed by atoms with E-state index in [0.29, 0.717) is 5.75 Å². The van der Waals surface area contributed by atoms with E-state index >= 15 is 0 Å². The van der Waals surface area contributed by atoms with Gasteiger partial charge < -0.3 is 14.3 Å². The predicted octanol–water partition coefficient (Wildman–Crippen LogP) is 1.78. The van der Waals surface area contributed by atoms with Crippen LogP contribution in [0.5, 0.6) is 5.75 Å². The highest BCUT2D eigenvalue weighted by molar-refractivity contribution is 5.86. The van der Waals surface area contributed by atoms with Crippen LogP contribution in [0.2, 0.25) is 0 Å². The maximum absolute atomic E-state index is 11.3. The molecule has 0 fully saturated rings. The molecule has 0 radical (unpaired) electrons. The quantitative estimate of drug-likeness (QED) is 0.501. The van der Waals surface area contributed by atoms with Crippen molar-refractivity contribution in [3.63, 3.8) is 0 Å². The molecule has 96 valence electrons. The molecule has 0 spiro atoms. The van der Waals surface area contributed by atoms with E-state index in [4.69, 9.17) is 4.74 Å². The number of benzene rings is 1. The molecule has 0 aliphatic rings. The summed E-state index contributed by atoms with van der Waals surface area (Å²) in [5.74, 6) is -0.722. The molecule has 0 atom stereocenters. The molecule has 0 aromatic heterocycles. The summed E-state index contributed by atoms with van der Waals surface area (Å²) >= 11 is 0. The minimum absolute atomic E-state index is 0.171. The van der Waals surface area contributed by atoms with Crippen LogP contribution in [0.15, 0.2) is 42.7 Å². The second kappa shape index (κ2) is 6.95. The van der Waals surface area contributed by atoms with E-state index in [1.807, 2.05) is 0 Å². The Kier molecular flexibility index (Phi) is 5.24. The lowest BCUT2D eigenvalue weighted by molar-refractivity contribution is -0.147. The lowest BCUT2D eigenvalue weighted by Gasteiger charge is -2.08. The van der Waals surface area contributed by atoms with Gasteiger partial charge in [0.2, 0.25) is 5.76 Å². The van der Waals surface area contributed by atoms with Crippen molar-refractivity contribution in [2.75, 3.05) is 6.61 Å². The average molecular weight is 251 g/mol. The SMILES string of the molecule is C=C(Oc1ccccc1)C(=O)ONC(=O)OCC. The zero-order valence-electron chi connectivity index (χ0n) is 9.84. The highest BCUT2D eigenvalue weighted by Gasteiger charge is 2.13. The van der Waals surface area contributed by atoms with Crippen molar-refractivity contribution in [1.29, 1.82) is 0 Å². The molecule has 0 saturated carbocycles. The first-order chi connectivity index (χ1) is 8.63. The van der Waals surface area contributed by atoms with Crippen molar-refractivity contribution in [1.82, 2.24) is 5.48 Å². The van der Waals surface area contributed by atoms with Gasteiger partial charge in [-0.3, -0.25) is 0 Å². The average Bonchev–Trinajstić information content (AvgIpc) is 2.37. The molecule has 0 aliphatic heterocycles. The molecule has 1 aromatic carbocycles. The Labute approximate surface area is 104 Å². The Morgan fingerprint density at radius 3 is 2.56 bits per heavy atom. The van der Waals surface area contributed by atoms with Crippen LogP contribution in [-0.4, -0.2) is 18.7 Å². The van der Waals surface area contributed by atoms with Crippen molar-refractivity contribution in [2.24, 2.45) is 0 Å². The highest BCUT2D eigenvalue weighted by Crippen LogP contribution is 2.12. The Hall–Kier alpha value is -2.50. The minimum atomic E-state index is -0.910. The van der Waals surface area contributed by atoms with Crippen LogP contribution in [0.4, 0.5) is 4.79 Å². The molecular formula is C12H13NO5. The Morgan fingerprint density at radius 2 is 1.94 bits per heavy atom. The van der Waals surface area contributed by atoms with Gasteiger partial charge in [0, 0.05) is 0 Å². The lowest BCUT2D eigenvalue weighted by atomic mass is 10.3. The zero-order chi connectivity index (χ0) is 13.4. The highest BCUT2D eigenvalue weighted by atomic mass is 16.7. The van der Waals surface area contributed by atoms with Gasteiger partial charge in [0.05, 0.1) is 6.61 Å². The second-order valence-electron chi connectivity index (χ2n) is 3.05. The lowest BCUT2D eigenvalue weighted by Crippen LogP contribution is -2.29. The molecule has 0 heterocycles. The molecule has 18 heavy (non-hydrogen) atoms. The Morgan fingerprint density at radius 1 is 1.28 bits per heavy atom. The first kappa shape index (κ1) is 13.6. The summed E-state index contributed by atoms with van der Waals surface area (Å²) in [4.78, 5) is 26.6. The van der Waals surface area contributed by atoms with Crippen LogP contribution in [-0.2, 0) is 14.4 Å². The van der Waals surface area contributed by atoms with Crippen molar-refractivity contribution in [3.05, 3.63) is 42.7 Å². The molecule has 0 unspecified atom stereocenters. The van der Waals surface area contributed by atoms with Gasteiger partial charge in [-0.15, -0.1) is 5.48 Å². The molecular weight excluding hydrogens is 238 g/mol. The van der Waals surface area contributed by atoms with Gasteiger partial charge in [-0.05, 0) is 25.6 Å². The standard InChI is InChI=1S/C12H13NO5/c1-3-16-12(15)13-18-11(14)9(2)17-10-7-5-4-6-8-10/h4-8H,2-3H2,1H3,(H,13,15). The molecule has 1 amide bonds. The molecule has 6 nitrogen and oxygen atoms in total. The molecule has 1 N–H and O–H groups in total. The fraction of sp³-hybridized carbons (Fsp3) is 0.167. The summed E-state index contributed by atoms with van der Waals surface area (Å²) in [5.41, 5.74) is 1.80. The van der Waals surface area contributed by atoms with Crippen LogP contribution < -0.4 is 10.2 Å². The number of carbonyl (C=O) groups excluding carboxylic acids is 2. The minimum Gasteiger partial charge on any atom is -0.450 e. The number of ether oxygens (including phenoxy) is 2. The summed E-state index contributed by atoms with van der Waals surface area (Å²) in [6.45, 7) is 5.18. The van der Waals surface area contributed by atoms with Gasteiger partial charge in [0.25, 0.3) is 0 Å². The van der Waals surface area contributed by atoms with E-state index in [-0.39, 0.29) is 12.4 Å². The third-order valence-corrected chi connectivity index (χ3v) is 1.71. The van der Waals surface area contributed by atoms with E-state index in [2.05, 4.69) is 16.2 Å². The van der Waals surface area contributed by atoms with Gasteiger partial charge in [-0.25, -0.2) is 9.59 Å². The zero-order valence-corrected chi connectivity index (χ0v) is 9.84. The van der Waals surface area contributed by atoms with Crippen molar-refractivity contribution >= 4 is 12.1 Å². The summed E-state index contributed by atoms with van der Waals surface area (Å²) < 4.78 is 9.60. The van der Waals surface area contributed by atoms with E-state index < -0.39 is 12.1 Å². The fourth-order valence-corrected chi connectivity index (χ4v) is 0.978. The van der Waals surface area contributed by atoms with E-state index in [0.717, 1.165) is 0 Å². The third-order valence-electron chi connectivity index (χ3n) is 1.71. The molecule has 0 aliphatic carbocycles. The normalized spacial score (nSPS) is 9.17. The topological polar surface area (TPSA) is 73.9 Å². The number of amides is 1. The number of nitrogens with one attached hydrogen (secondary N) is 1. The molecule has 1 rings (SSSR count). The summed E-state index contributed by atoms with van der Waals surface area (Å²) in [5, 5.41) is 0. The summed E-state index contributed by atoms with van der Waals surface area (Å²) in [6, 6.07) is 8.58. The molecule has 0 saturated heterocycles. The molecule has 0 bridgehead atoms. The van der Waals surface area contributed by atoms with E-state index in [1.54, 1.807) is 42.7 Å². The number of carbonyl (C=O) groups is 2. The second-order valence-corrected chi connectivity index (χ2v) is 3.05. The van der Waals surface area contributed by atoms with Gasteiger partial charge in [0.1, 0.15) is 5.75 Å². The van der Waals surface area contributed by atoms with Gasteiger partial charge in [0.15, 0.2) is 0 Å². The van der Waals surface area contributed by atoms with E-state index in [1.165, 1.54) is 0 Å². The van der Waals surface area contributed by atoms with Crippen LogP contribution in [0.25, 0.3) is 0 Å². The van der Waals surface area contributed by atoms with Crippen LogP contribution in [0.3, 0.4) is 0 Å². The summed E-state index contributed by atoms with van der Waals surface area (Å²) in [7, 11) is 0. The number of hydrogen-bond acceptors (Lipinski definition) is 5. The smallest absolute Gasteiger partial charge is 0.440 e. The van der Waals surface area contributed by atoms with Crippen LogP contribution in [0, 0.1) is 0 Å². The van der Waals surface area contributed by atoms with Gasteiger partial charge in [-0.2, -0.15) is 0 Å². The van der Waals surface area contributed by atoms with Crippen LogP contribution >= 0.6 is 0 Å². The summed E-state index contributed by atoms with van der Waals surface area (Å²) in [6.07, 6.45) is -0.863. The number of para-hydroxylation sites is 1. The Bertz CT molecular complexity index is 429. The first-order valence-electron chi connectivity index (χ1n) is 5.19. The predicted molar refractivity (Wildman–Crippen MR) is 62.5 cm³/mol. The third kappa shape index (κ3) is 4.56. The largest absolute Gasteiger partial charge is 0.450 e. The van der Waals surface area contributed by atoms with Gasteiger partial charge in [-0.1, -0.05) is 18.2 Å². The number of hydrogen-bond donors (Lipinski definition) is 1. The maximum atomic E-state index is 11.3. The monoisotopic (exact) mass is 251 g/mol. The number of hydroxylamine groups is 1. The van der Waals surface area contributed by atoms with Crippen LogP contribution in [0.1, 0.15) is 6.92 Å². The maximum Gasteiger partial charge on any atom is 0.440 e.